The van der Waals surface area contributed by atoms with Gasteiger partial charge in [-0.2, -0.15) is 0 Å². The standard InChI is InChI=1S/C26H28N2O2/c1-2-19-16-28-13-11-20(19)14-25(28)26(30-17-18-6-4-3-5-7-18)22-10-12-27-24-9-8-21(29)15-23(22)24/h2-10,12,15,19-20,25-26,29H,1,11,13-14,16-17H2/t19-,20+,25-,26+/m0/s1. The van der Waals surface area contributed by atoms with Crippen LogP contribution in [0.2, 0.25) is 0 Å². The summed E-state index contributed by atoms with van der Waals surface area (Å²) in [5, 5.41) is 11.1. The monoisotopic (exact) mass is 400 g/mol. The van der Waals surface area contributed by atoms with Crippen molar-refractivity contribution < 1.29 is 9.84 Å². The van der Waals surface area contributed by atoms with E-state index in [0.29, 0.717) is 24.5 Å². The average Bonchev–Trinajstić information content (AvgIpc) is 2.80. The number of phenols is 1. The zero-order valence-corrected chi connectivity index (χ0v) is 17.2. The van der Waals surface area contributed by atoms with Crippen LogP contribution < -0.4 is 0 Å². The van der Waals surface area contributed by atoms with Crippen LogP contribution in [0, 0.1) is 11.8 Å². The number of piperidine rings is 3. The first-order valence-corrected chi connectivity index (χ1v) is 10.8. The zero-order chi connectivity index (χ0) is 20.5. The number of fused-ring (bicyclic) bond motifs is 4. The second kappa shape index (κ2) is 8.21. The number of hydrogen-bond acceptors (Lipinski definition) is 4. The van der Waals surface area contributed by atoms with Gasteiger partial charge in [0.2, 0.25) is 0 Å². The van der Waals surface area contributed by atoms with E-state index in [0.717, 1.165) is 36.0 Å². The lowest BCUT2D eigenvalue weighted by molar-refractivity contribution is -0.0803. The molecule has 3 aliphatic rings. The minimum Gasteiger partial charge on any atom is -0.508 e. The van der Waals surface area contributed by atoms with Gasteiger partial charge >= 0.3 is 0 Å². The van der Waals surface area contributed by atoms with E-state index in [1.165, 1.54) is 12.0 Å². The summed E-state index contributed by atoms with van der Waals surface area (Å²) in [5.41, 5.74) is 3.17. The van der Waals surface area contributed by atoms with Crippen molar-refractivity contribution in [2.45, 2.75) is 31.6 Å². The molecule has 3 aliphatic heterocycles. The fourth-order valence-corrected chi connectivity index (χ4v) is 5.26. The van der Waals surface area contributed by atoms with Gasteiger partial charge in [-0.3, -0.25) is 9.88 Å². The fraction of sp³-hybridized carbons (Fsp3) is 0.346. The lowest BCUT2D eigenvalue weighted by atomic mass is 9.73. The Morgan fingerprint density at radius 2 is 2.07 bits per heavy atom. The summed E-state index contributed by atoms with van der Waals surface area (Å²) in [4.78, 5) is 7.09. The maximum absolute atomic E-state index is 10.1. The van der Waals surface area contributed by atoms with Crippen LogP contribution in [-0.2, 0) is 11.3 Å². The molecule has 3 fully saturated rings. The van der Waals surface area contributed by atoms with Crippen molar-refractivity contribution in [2.24, 2.45) is 11.8 Å². The van der Waals surface area contributed by atoms with Gasteiger partial charge in [0.25, 0.3) is 0 Å². The summed E-state index contributed by atoms with van der Waals surface area (Å²) in [6, 6.07) is 18.1. The number of hydrogen-bond donors (Lipinski definition) is 1. The van der Waals surface area contributed by atoms with Crippen molar-refractivity contribution in [1.82, 2.24) is 9.88 Å². The van der Waals surface area contributed by atoms with Crippen molar-refractivity contribution in [1.29, 1.82) is 0 Å². The first-order valence-electron chi connectivity index (χ1n) is 10.8. The van der Waals surface area contributed by atoms with Gasteiger partial charge in [0.15, 0.2) is 0 Å². The molecule has 3 aromatic rings. The summed E-state index contributed by atoms with van der Waals surface area (Å²) in [6.07, 6.45) is 6.25. The summed E-state index contributed by atoms with van der Waals surface area (Å²) in [7, 11) is 0. The van der Waals surface area contributed by atoms with E-state index < -0.39 is 0 Å². The Morgan fingerprint density at radius 1 is 1.20 bits per heavy atom. The third-order valence-electron chi connectivity index (χ3n) is 6.84. The number of benzene rings is 2. The molecular weight excluding hydrogens is 372 g/mol. The molecule has 0 aliphatic carbocycles. The van der Waals surface area contributed by atoms with E-state index in [-0.39, 0.29) is 11.9 Å². The van der Waals surface area contributed by atoms with E-state index >= 15 is 0 Å². The molecule has 154 valence electrons. The molecule has 0 saturated carbocycles. The van der Waals surface area contributed by atoms with Crippen LogP contribution in [0.15, 0.2) is 73.4 Å². The SMILES string of the molecule is C=C[C@H]1CN2CC[C@@H]1C[C@H]2[C@H](OCc1ccccc1)c1ccnc2ccc(O)cc12. The van der Waals surface area contributed by atoms with Gasteiger partial charge in [-0.25, -0.2) is 0 Å². The highest BCUT2D eigenvalue weighted by molar-refractivity contribution is 5.83. The molecule has 1 aromatic heterocycles. The lowest BCUT2D eigenvalue weighted by Gasteiger charge is -2.51. The number of pyridine rings is 1. The van der Waals surface area contributed by atoms with Gasteiger partial charge in [-0.15, -0.1) is 6.58 Å². The van der Waals surface area contributed by atoms with E-state index in [9.17, 15) is 5.11 Å². The van der Waals surface area contributed by atoms with E-state index in [1.807, 2.05) is 36.5 Å². The van der Waals surface area contributed by atoms with Gasteiger partial charge in [0, 0.05) is 24.2 Å². The molecule has 4 nitrogen and oxygen atoms in total. The molecule has 1 unspecified atom stereocenters. The maximum Gasteiger partial charge on any atom is 0.116 e. The van der Waals surface area contributed by atoms with Gasteiger partial charge in [0.1, 0.15) is 5.75 Å². The van der Waals surface area contributed by atoms with E-state index in [4.69, 9.17) is 4.74 Å². The first kappa shape index (κ1) is 19.3. The van der Waals surface area contributed by atoms with Crippen LogP contribution in [0.25, 0.3) is 10.9 Å². The lowest BCUT2D eigenvalue weighted by Crippen LogP contribution is -2.55. The van der Waals surface area contributed by atoms with E-state index in [2.05, 4.69) is 40.7 Å². The van der Waals surface area contributed by atoms with Crippen molar-refractivity contribution in [3.05, 3.63) is 84.6 Å². The Balaban J connectivity index is 1.52. The molecule has 3 saturated heterocycles. The van der Waals surface area contributed by atoms with Crippen LogP contribution in [0.3, 0.4) is 0 Å². The van der Waals surface area contributed by atoms with Crippen LogP contribution in [0.5, 0.6) is 5.75 Å². The predicted octanol–water partition coefficient (Wildman–Crippen LogP) is 5.09. The topological polar surface area (TPSA) is 45.6 Å². The highest BCUT2D eigenvalue weighted by Crippen LogP contribution is 2.43. The molecule has 0 spiro atoms. The quantitative estimate of drug-likeness (QED) is 0.585. The number of aromatic nitrogens is 1. The number of aromatic hydroxyl groups is 1. The Morgan fingerprint density at radius 3 is 2.83 bits per heavy atom. The fourth-order valence-electron chi connectivity index (χ4n) is 5.26. The summed E-state index contributed by atoms with van der Waals surface area (Å²) < 4.78 is 6.65. The summed E-state index contributed by atoms with van der Waals surface area (Å²) in [6.45, 7) is 6.79. The number of ether oxygens (including phenoxy) is 1. The molecular formula is C26H28N2O2. The van der Waals surface area contributed by atoms with Crippen molar-refractivity contribution in [3.8, 4) is 5.75 Å². The van der Waals surface area contributed by atoms with Crippen molar-refractivity contribution in [3.63, 3.8) is 0 Å². The highest BCUT2D eigenvalue weighted by Gasteiger charge is 2.43. The van der Waals surface area contributed by atoms with Crippen LogP contribution in [-0.4, -0.2) is 34.1 Å². The third kappa shape index (κ3) is 3.62. The first-order chi connectivity index (χ1) is 14.7. The number of rotatable bonds is 6. The Labute approximate surface area is 177 Å². The molecule has 2 bridgehead atoms. The van der Waals surface area contributed by atoms with E-state index in [1.54, 1.807) is 6.07 Å². The molecule has 30 heavy (non-hydrogen) atoms. The average molecular weight is 401 g/mol. The van der Waals surface area contributed by atoms with Gasteiger partial charge < -0.3 is 9.84 Å². The third-order valence-corrected chi connectivity index (χ3v) is 6.84. The molecule has 0 radical (unpaired) electrons. The van der Waals surface area contributed by atoms with Crippen LogP contribution in [0.4, 0.5) is 0 Å². The van der Waals surface area contributed by atoms with Crippen molar-refractivity contribution in [2.75, 3.05) is 13.1 Å². The molecule has 2 aromatic carbocycles. The summed E-state index contributed by atoms with van der Waals surface area (Å²) >= 11 is 0. The number of nitrogens with zero attached hydrogens (tertiary/aromatic N) is 2. The predicted molar refractivity (Wildman–Crippen MR) is 119 cm³/mol. The molecule has 0 amide bonds. The smallest absolute Gasteiger partial charge is 0.116 e. The minimum absolute atomic E-state index is 0.0777. The van der Waals surface area contributed by atoms with Crippen LogP contribution in [0.1, 0.15) is 30.1 Å². The van der Waals surface area contributed by atoms with Crippen molar-refractivity contribution >= 4 is 10.9 Å². The largest absolute Gasteiger partial charge is 0.508 e. The Kier molecular flexibility index (Phi) is 5.28. The molecule has 4 heteroatoms. The Bertz CT molecular complexity index is 1040. The number of phenolic OH excluding ortho intramolecular Hbond substituents is 1. The molecule has 6 rings (SSSR count). The van der Waals surface area contributed by atoms with Crippen LogP contribution >= 0.6 is 0 Å². The Hall–Kier alpha value is -2.69. The minimum atomic E-state index is -0.0777. The molecule has 4 heterocycles. The molecule has 1 N–H and O–H groups in total. The molecule has 5 atom stereocenters. The van der Waals surface area contributed by atoms with Gasteiger partial charge in [-0.05, 0) is 66.6 Å². The maximum atomic E-state index is 10.1. The zero-order valence-electron chi connectivity index (χ0n) is 17.2. The van der Waals surface area contributed by atoms with Gasteiger partial charge in [0.05, 0.1) is 18.2 Å². The normalized spacial score (nSPS) is 26.5. The highest BCUT2D eigenvalue weighted by atomic mass is 16.5. The second-order valence-corrected chi connectivity index (χ2v) is 8.57. The second-order valence-electron chi connectivity index (χ2n) is 8.57. The van der Waals surface area contributed by atoms with Gasteiger partial charge in [-0.1, -0.05) is 36.4 Å². The summed E-state index contributed by atoms with van der Waals surface area (Å²) in [5.74, 6) is 1.50.